The second kappa shape index (κ2) is 3.22. The third kappa shape index (κ3) is 1.34. The van der Waals surface area contributed by atoms with Crippen molar-refractivity contribution >= 4 is 0 Å². The molecule has 3 rings (SSSR count). The van der Waals surface area contributed by atoms with Gasteiger partial charge in [0.1, 0.15) is 5.75 Å². The van der Waals surface area contributed by atoms with E-state index in [-0.39, 0.29) is 0 Å². The predicted octanol–water partition coefficient (Wildman–Crippen LogP) is 0.913. The van der Waals surface area contributed by atoms with Crippen molar-refractivity contribution in [2.24, 2.45) is 17.6 Å². The number of nitrogens with one attached hydrogen (secondary N) is 1. The summed E-state index contributed by atoms with van der Waals surface area (Å²) in [6.07, 6.45) is 0. The number of benzene rings is 1. The first-order valence-corrected chi connectivity index (χ1v) is 5.44. The third-order valence-electron chi connectivity index (χ3n) is 3.73. The minimum absolute atomic E-state index is 0.415. The fourth-order valence-electron chi connectivity index (χ4n) is 2.72. The Bertz CT molecular complexity index is 362. The molecule has 0 bridgehead atoms. The fraction of sp³-hybridized carbons (Fsp3) is 0.500. The van der Waals surface area contributed by atoms with Gasteiger partial charge in [0.25, 0.3) is 0 Å². The lowest BCUT2D eigenvalue weighted by atomic mass is 10.0. The highest BCUT2D eigenvalue weighted by molar-refractivity contribution is 5.32. The van der Waals surface area contributed by atoms with E-state index >= 15 is 0 Å². The van der Waals surface area contributed by atoms with Crippen molar-refractivity contribution in [3.8, 4) is 5.75 Å². The van der Waals surface area contributed by atoms with E-state index in [4.69, 9.17) is 10.5 Å². The number of hydrogen-bond donors (Lipinski definition) is 2. The zero-order chi connectivity index (χ0) is 10.4. The quantitative estimate of drug-likeness (QED) is 0.753. The van der Waals surface area contributed by atoms with Crippen LogP contribution in [-0.2, 0) is 0 Å². The average Bonchev–Trinajstić information content (AvgIpc) is 2.76. The van der Waals surface area contributed by atoms with E-state index in [1.165, 1.54) is 5.56 Å². The highest BCUT2D eigenvalue weighted by Gasteiger charge is 2.56. The van der Waals surface area contributed by atoms with E-state index in [9.17, 15) is 0 Å². The van der Waals surface area contributed by atoms with Crippen molar-refractivity contribution in [2.45, 2.75) is 12.1 Å². The number of nitrogens with two attached hydrogens (primary N) is 1. The van der Waals surface area contributed by atoms with Gasteiger partial charge in [-0.25, -0.2) is 0 Å². The fourth-order valence-corrected chi connectivity index (χ4v) is 2.72. The van der Waals surface area contributed by atoms with Crippen LogP contribution in [0.3, 0.4) is 0 Å². The van der Waals surface area contributed by atoms with Crippen LogP contribution in [0.15, 0.2) is 24.3 Å². The lowest BCUT2D eigenvalue weighted by molar-refractivity contribution is 0.414. The third-order valence-corrected chi connectivity index (χ3v) is 3.73. The molecule has 1 aromatic carbocycles. The van der Waals surface area contributed by atoms with Crippen molar-refractivity contribution in [2.75, 3.05) is 13.7 Å². The van der Waals surface area contributed by atoms with Crippen LogP contribution in [0.4, 0.5) is 0 Å². The Kier molecular flexibility index (Phi) is 1.97. The summed E-state index contributed by atoms with van der Waals surface area (Å²) in [7, 11) is 1.69. The van der Waals surface area contributed by atoms with Crippen molar-refractivity contribution in [3.63, 3.8) is 0 Å². The minimum atomic E-state index is 0.415. The molecule has 80 valence electrons. The van der Waals surface area contributed by atoms with E-state index in [0.29, 0.717) is 23.9 Å². The van der Waals surface area contributed by atoms with Crippen molar-refractivity contribution in [1.29, 1.82) is 0 Å². The molecular formula is C12H16N2O. The van der Waals surface area contributed by atoms with Gasteiger partial charge in [0.05, 0.1) is 7.11 Å². The summed E-state index contributed by atoms with van der Waals surface area (Å²) in [6.45, 7) is 1.07. The molecule has 2 aliphatic rings. The van der Waals surface area contributed by atoms with E-state index in [0.717, 1.165) is 12.3 Å². The molecule has 1 aromatic rings. The molecule has 4 unspecified atom stereocenters. The molecule has 0 amide bonds. The van der Waals surface area contributed by atoms with Crippen molar-refractivity contribution in [3.05, 3.63) is 29.8 Å². The topological polar surface area (TPSA) is 47.3 Å². The van der Waals surface area contributed by atoms with Crippen LogP contribution >= 0.6 is 0 Å². The summed E-state index contributed by atoms with van der Waals surface area (Å²) in [5.41, 5.74) is 7.32. The van der Waals surface area contributed by atoms with Crippen LogP contribution in [0.5, 0.6) is 5.75 Å². The van der Waals surface area contributed by atoms with E-state index in [1.807, 2.05) is 12.1 Å². The first kappa shape index (κ1) is 9.19. The molecule has 1 heterocycles. The molecule has 0 spiro atoms. The van der Waals surface area contributed by atoms with Crippen LogP contribution < -0.4 is 15.8 Å². The van der Waals surface area contributed by atoms with Crippen LogP contribution in [0.1, 0.15) is 11.6 Å². The molecule has 1 saturated heterocycles. The molecular weight excluding hydrogens is 188 g/mol. The number of fused-ring (bicyclic) bond motifs is 1. The zero-order valence-corrected chi connectivity index (χ0v) is 8.81. The molecule has 3 heteroatoms. The Balaban J connectivity index is 1.81. The summed E-state index contributed by atoms with van der Waals surface area (Å²) < 4.78 is 5.15. The second-order valence-corrected chi connectivity index (χ2v) is 4.48. The molecule has 3 N–H and O–H groups in total. The number of ether oxygens (including phenoxy) is 1. The summed E-state index contributed by atoms with van der Waals surface area (Å²) in [5.74, 6) is 2.27. The molecule has 0 radical (unpaired) electrons. The maximum absolute atomic E-state index is 5.99. The van der Waals surface area contributed by atoms with Crippen molar-refractivity contribution < 1.29 is 4.74 Å². The normalized spacial score (nSPS) is 37.5. The molecule has 0 aromatic heterocycles. The number of methoxy groups -OCH3 is 1. The van der Waals surface area contributed by atoms with Gasteiger partial charge in [-0.3, -0.25) is 0 Å². The van der Waals surface area contributed by atoms with Gasteiger partial charge in [0, 0.05) is 18.6 Å². The Morgan fingerprint density at radius 1 is 1.33 bits per heavy atom. The zero-order valence-electron chi connectivity index (χ0n) is 8.81. The molecule has 1 saturated carbocycles. The maximum atomic E-state index is 5.99. The van der Waals surface area contributed by atoms with Crippen LogP contribution in [0, 0.1) is 11.8 Å². The lowest BCUT2D eigenvalue weighted by Gasteiger charge is -2.15. The predicted molar refractivity (Wildman–Crippen MR) is 58.7 cm³/mol. The maximum Gasteiger partial charge on any atom is 0.118 e. The summed E-state index contributed by atoms with van der Waals surface area (Å²) in [5, 5.41) is 3.52. The highest BCUT2D eigenvalue weighted by atomic mass is 16.5. The Morgan fingerprint density at radius 2 is 2.07 bits per heavy atom. The second-order valence-electron chi connectivity index (χ2n) is 4.48. The van der Waals surface area contributed by atoms with Gasteiger partial charge in [-0.05, 0) is 29.5 Å². The van der Waals surface area contributed by atoms with Gasteiger partial charge in [0.15, 0.2) is 0 Å². The monoisotopic (exact) mass is 204 g/mol. The van der Waals surface area contributed by atoms with Crippen LogP contribution in [0.2, 0.25) is 0 Å². The van der Waals surface area contributed by atoms with Gasteiger partial charge in [-0.2, -0.15) is 0 Å². The molecule has 1 aliphatic heterocycles. The first-order chi connectivity index (χ1) is 7.31. The minimum Gasteiger partial charge on any atom is -0.497 e. The van der Waals surface area contributed by atoms with Gasteiger partial charge < -0.3 is 15.8 Å². The average molecular weight is 204 g/mol. The SMILES string of the molecule is COc1ccc(C2NCC3C(N)C23)cc1. The van der Waals surface area contributed by atoms with Crippen molar-refractivity contribution in [1.82, 2.24) is 5.32 Å². The first-order valence-electron chi connectivity index (χ1n) is 5.44. The number of hydrogen-bond acceptors (Lipinski definition) is 3. The molecule has 2 fully saturated rings. The molecule has 1 aliphatic carbocycles. The highest BCUT2D eigenvalue weighted by Crippen LogP contribution is 2.50. The number of piperidine rings is 1. The number of rotatable bonds is 2. The summed E-state index contributed by atoms with van der Waals surface area (Å²) in [6, 6.07) is 9.15. The summed E-state index contributed by atoms with van der Waals surface area (Å²) >= 11 is 0. The standard InChI is InChI=1S/C12H16N2O/c1-15-8-4-2-7(3-5-8)12-10-9(6-14-12)11(10)13/h2-5,9-12,14H,6,13H2,1H3. The van der Waals surface area contributed by atoms with Gasteiger partial charge >= 0.3 is 0 Å². The van der Waals surface area contributed by atoms with Gasteiger partial charge in [-0.15, -0.1) is 0 Å². The van der Waals surface area contributed by atoms with Gasteiger partial charge in [0.2, 0.25) is 0 Å². The van der Waals surface area contributed by atoms with E-state index < -0.39 is 0 Å². The Morgan fingerprint density at radius 3 is 2.60 bits per heavy atom. The molecule has 15 heavy (non-hydrogen) atoms. The van der Waals surface area contributed by atoms with E-state index in [1.54, 1.807) is 7.11 Å². The Labute approximate surface area is 89.6 Å². The van der Waals surface area contributed by atoms with E-state index in [2.05, 4.69) is 17.4 Å². The lowest BCUT2D eigenvalue weighted by Crippen LogP contribution is -2.25. The van der Waals surface area contributed by atoms with Crippen LogP contribution in [0.25, 0.3) is 0 Å². The largest absolute Gasteiger partial charge is 0.497 e. The molecule has 3 nitrogen and oxygen atoms in total. The van der Waals surface area contributed by atoms with Crippen LogP contribution in [-0.4, -0.2) is 19.7 Å². The Hall–Kier alpha value is -1.06. The van der Waals surface area contributed by atoms with Gasteiger partial charge in [-0.1, -0.05) is 12.1 Å². The molecule has 4 atom stereocenters. The smallest absolute Gasteiger partial charge is 0.118 e. The summed E-state index contributed by atoms with van der Waals surface area (Å²) in [4.78, 5) is 0.